The number of hydrogen-bond donors (Lipinski definition) is 1. The van der Waals surface area contributed by atoms with Gasteiger partial charge in [0.15, 0.2) is 0 Å². The average molecular weight is 542 g/mol. The molecule has 0 saturated carbocycles. The Bertz CT molecular complexity index is 1180. The Hall–Kier alpha value is -1.90. The minimum atomic E-state index is -3.95. The summed E-state index contributed by atoms with van der Waals surface area (Å²) in [5.41, 5.74) is 2.10. The SMILES string of the molecule is Cc1cc(Cl)ccc1NC(=O)CN(Cc1ccc(Br)cc1)S(=O)(=O)c1ccc(Cl)cc1. The zero-order valence-electron chi connectivity index (χ0n) is 16.5. The lowest BCUT2D eigenvalue weighted by Crippen LogP contribution is -2.37. The van der Waals surface area contributed by atoms with E-state index in [4.69, 9.17) is 23.2 Å². The van der Waals surface area contributed by atoms with E-state index in [0.717, 1.165) is 19.9 Å². The van der Waals surface area contributed by atoms with Crippen LogP contribution in [0.15, 0.2) is 76.1 Å². The number of sulfonamides is 1. The molecular formula is C22H19BrCl2N2O3S. The second-order valence-electron chi connectivity index (χ2n) is 6.86. The van der Waals surface area contributed by atoms with Crippen LogP contribution in [0.1, 0.15) is 11.1 Å². The van der Waals surface area contributed by atoms with Gasteiger partial charge in [-0.3, -0.25) is 4.79 Å². The minimum absolute atomic E-state index is 0.0330. The third kappa shape index (κ3) is 6.30. The van der Waals surface area contributed by atoms with Gasteiger partial charge < -0.3 is 5.32 Å². The zero-order chi connectivity index (χ0) is 22.6. The minimum Gasteiger partial charge on any atom is -0.325 e. The standard InChI is InChI=1S/C22H19BrCl2N2O3S/c1-15-12-19(25)8-11-21(15)26-22(28)14-27(13-16-2-4-17(23)5-3-16)31(29,30)20-9-6-18(24)7-10-20/h2-12H,13-14H2,1H3,(H,26,28). The number of carbonyl (C=O) groups is 1. The molecule has 1 N–H and O–H groups in total. The molecule has 0 radical (unpaired) electrons. The molecule has 5 nitrogen and oxygen atoms in total. The number of benzene rings is 3. The third-order valence-electron chi connectivity index (χ3n) is 4.51. The summed E-state index contributed by atoms with van der Waals surface area (Å²) in [4.78, 5) is 12.8. The molecule has 31 heavy (non-hydrogen) atoms. The maximum Gasteiger partial charge on any atom is 0.243 e. The Morgan fingerprint density at radius 3 is 2.19 bits per heavy atom. The second-order valence-corrected chi connectivity index (χ2v) is 10.6. The highest BCUT2D eigenvalue weighted by molar-refractivity contribution is 9.10. The van der Waals surface area contributed by atoms with Crippen molar-refractivity contribution in [1.82, 2.24) is 4.31 Å². The fourth-order valence-corrected chi connectivity index (χ4v) is 4.89. The van der Waals surface area contributed by atoms with Crippen LogP contribution in [0.2, 0.25) is 10.0 Å². The second kappa shape index (κ2) is 10.1. The summed E-state index contributed by atoms with van der Waals surface area (Å²) < 4.78 is 28.6. The molecule has 0 aliphatic carbocycles. The van der Waals surface area contributed by atoms with Crippen molar-refractivity contribution in [3.8, 4) is 0 Å². The largest absolute Gasteiger partial charge is 0.325 e. The molecule has 0 aliphatic heterocycles. The maximum atomic E-state index is 13.3. The number of rotatable bonds is 7. The Labute approximate surface area is 200 Å². The lowest BCUT2D eigenvalue weighted by Gasteiger charge is -2.22. The van der Waals surface area contributed by atoms with Crippen LogP contribution in [0.25, 0.3) is 0 Å². The van der Waals surface area contributed by atoms with Crippen molar-refractivity contribution < 1.29 is 13.2 Å². The first-order chi connectivity index (χ1) is 14.6. The van der Waals surface area contributed by atoms with Crippen LogP contribution in [0, 0.1) is 6.92 Å². The predicted octanol–water partition coefficient (Wildman–Crippen LogP) is 5.89. The van der Waals surface area contributed by atoms with Gasteiger partial charge in [-0.05, 0) is 72.6 Å². The molecule has 0 aliphatic rings. The molecule has 0 fully saturated rings. The van der Waals surface area contributed by atoms with Gasteiger partial charge in [0.1, 0.15) is 0 Å². The molecule has 162 valence electrons. The van der Waals surface area contributed by atoms with Crippen LogP contribution in [0.5, 0.6) is 0 Å². The molecule has 0 atom stereocenters. The number of nitrogens with one attached hydrogen (secondary N) is 1. The number of amides is 1. The van der Waals surface area contributed by atoms with Crippen molar-refractivity contribution in [2.24, 2.45) is 0 Å². The number of carbonyl (C=O) groups excluding carboxylic acids is 1. The summed E-state index contributed by atoms with van der Waals surface area (Å²) in [6.07, 6.45) is 0. The fraction of sp³-hybridized carbons (Fsp3) is 0.136. The van der Waals surface area contributed by atoms with Crippen LogP contribution >= 0.6 is 39.1 Å². The van der Waals surface area contributed by atoms with Crippen molar-refractivity contribution in [3.05, 3.63) is 92.4 Å². The van der Waals surface area contributed by atoms with Gasteiger partial charge in [0.05, 0.1) is 11.4 Å². The van der Waals surface area contributed by atoms with Gasteiger partial charge in [0.2, 0.25) is 15.9 Å². The summed E-state index contributed by atoms with van der Waals surface area (Å²) in [6, 6.07) is 18.2. The summed E-state index contributed by atoms with van der Waals surface area (Å²) in [5.74, 6) is -0.458. The van der Waals surface area contributed by atoms with Crippen LogP contribution in [-0.4, -0.2) is 25.2 Å². The Morgan fingerprint density at radius 2 is 1.58 bits per heavy atom. The average Bonchev–Trinajstić information content (AvgIpc) is 2.71. The lowest BCUT2D eigenvalue weighted by atomic mass is 10.2. The van der Waals surface area contributed by atoms with Crippen molar-refractivity contribution in [2.45, 2.75) is 18.4 Å². The first-order valence-corrected chi connectivity index (χ1v) is 12.2. The van der Waals surface area contributed by atoms with E-state index < -0.39 is 15.9 Å². The summed E-state index contributed by atoms with van der Waals surface area (Å²) in [5, 5.41) is 3.74. The van der Waals surface area contributed by atoms with Gasteiger partial charge >= 0.3 is 0 Å². The van der Waals surface area contributed by atoms with Crippen LogP contribution in [-0.2, 0) is 21.4 Å². The van der Waals surface area contributed by atoms with E-state index in [-0.39, 0.29) is 18.0 Å². The highest BCUT2D eigenvalue weighted by Gasteiger charge is 2.27. The van der Waals surface area contributed by atoms with E-state index in [1.807, 2.05) is 19.1 Å². The van der Waals surface area contributed by atoms with Crippen molar-refractivity contribution >= 4 is 60.7 Å². The van der Waals surface area contributed by atoms with Crippen molar-refractivity contribution in [3.63, 3.8) is 0 Å². The molecule has 0 aromatic heterocycles. The van der Waals surface area contributed by atoms with E-state index in [9.17, 15) is 13.2 Å². The number of halogens is 3. The number of anilines is 1. The van der Waals surface area contributed by atoms with Crippen molar-refractivity contribution in [2.75, 3.05) is 11.9 Å². The summed E-state index contributed by atoms with van der Waals surface area (Å²) in [7, 11) is -3.95. The van der Waals surface area contributed by atoms with E-state index in [0.29, 0.717) is 15.7 Å². The molecule has 3 aromatic rings. The normalized spacial score (nSPS) is 11.5. The Morgan fingerprint density at radius 1 is 0.968 bits per heavy atom. The Balaban J connectivity index is 1.88. The molecule has 0 unspecified atom stereocenters. The molecule has 0 heterocycles. The Kier molecular flexibility index (Phi) is 7.78. The van der Waals surface area contributed by atoms with E-state index in [2.05, 4.69) is 21.2 Å². The first kappa shape index (κ1) is 23.8. The number of nitrogens with zero attached hydrogens (tertiary/aromatic N) is 1. The van der Waals surface area contributed by atoms with Gasteiger partial charge in [-0.1, -0.05) is 51.3 Å². The van der Waals surface area contributed by atoms with Gasteiger partial charge in [-0.2, -0.15) is 4.31 Å². The molecule has 1 amide bonds. The smallest absolute Gasteiger partial charge is 0.243 e. The molecule has 3 aromatic carbocycles. The zero-order valence-corrected chi connectivity index (χ0v) is 20.4. The monoisotopic (exact) mass is 540 g/mol. The van der Waals surface area contributed by atoms with Crippen LogP contribution < -0.4 is 5.32 Å². The van der Waals surface area contributed by atoms with E-state index in [1.54, 1.807) is 30.3 Å². The molecular weight excluding hydrogens is 523 g/mol. The molecule has 9 heteroatoms. The van der Waals surface area contributed by atoms with E-state index >= 15 is 0 Å². The topological polar surface area (TPSA) is 66.5 Å². The van der Waals surface area contributed by atoms with Gasteiger partial charge in [0.25, 0.3) is 0 Å². The van der Waals surface area contributed by atoms with Crippen molar-refractivity contribution in [1.29, 1.82) is 0 Å². The van der Waals surface area contributed by atoms with Crippen LogP contribution in [0.3, 0.4) is 0 Å². The molecule has 0 bridgehead atoms. The summed E-state index contributed by atoms with van der Waals surface area (Å²) >= 11 is 15.2. The third-order valence-corrected chi connectivity index (χ3v) is 7.33. The lowest BCUT2D eigenvalue weighted by molar-refractivity contribution is -0.116. The van der Waals surface area contributed by atoms with E-state index in [1.165, 1.54) is 24.3 Å². The molecule has 0 saturated heterocycles. The summed E-state index contributed by atoms with van der Waals surface area (Å²) in [6.45, 7) is 1.49. The number of hydrogen-bond acceptors (Lipinski definition) is 3. The van der Waals surface area contributed by atoms with Gasteiger partial charge in [-0.15, -0.1) is 0 Å². The maximum absolute atomic E-state index is 13.3. The first-order valence-electron chi connectivity index (χ1n) is 9.21. The predicted molar refractivity (Wildman–Crippen MR) is 128 cm³/mol. The number of aryl methyl sites for hydroxylation is 1. The van der Waals surface area contributed by atoms with Gasteiger partial charge in [0, 0.05) is 26.8 Å². The molecule has 3 rings (SSSR count). The van der Waals surface area contributed by atoms with Gasteiger partial charge in [-0.25, -0.2) is 8.42 Å². The fourth-order valence-electron chi connectivity index (χ4n) is 2.89. The highest BCUT2D eigenvalue weighted by atomic mass is 79.9. The molecule has 0 spiro atoms. The van der Waals surface area contributed by atoms with Crippen LogP contribution in [0.4, 0.5) is 5.69 Å². The highest BCUT2D eigenvalue weighted by Crippen LogP contribution is 2.23. The quantitative estimate of drug-likeness (QED) is 0.405.